The zero-order valence-corrected chi connectivity index (χ0v) is 14.8. The fourth-order valence-electron chi connectivity index (χ4n) is 1.99. The van der Waals surface area contributed by atoms with Crippen molar-refractivity contribution in [2.24, 2.45) is 5.10 Å². The number of hydrogen-bond acceptors (Lipinski definition) is 5. The quantitative estimate of drug-likeness (QED) is 0.510. The molecule has 0 fully saturated rings. The van der Waals surface area contributed by atoms with Gasteiger partial charge in [0.05, 0.1) is 19.4 Å². The van der Waals surface area contributed by atoms with Crippen LogP contribution in [0, 0.1) is 0 Å². The molecule has 0 bridgehead atoms. The van der Waals surface area contributed by atoms with Gasteiger partial charge >= 0.3 is 0 Å². The molecule has 0 saturated heterocycles. The molecule has 0 aromatic heterocycles. The largest absolute Gasteiger partial charge is 0.504 e. The minimum Gasteiger partial charge on any atom is -0.504 e. The highest BCUT2D eigenvalue weighted by molar-refractivity contribution is 6.30. The van der Waals surface area contributed by atoms with Gasteiger partial charge in [-0.05, 0) is 48.9 Å². The van der Waals surface area contributed by atoms with Crippen LogP contribution in [-0.4, -0.2) is 36.3 Å². The van der Waals surface area contributed by atoms with Crippen LogP contribution in [0.1, 0.15) is 22.8 Å². The lowest BCUT2D eigenvalue weighted by Gasteiger charge is -2.06. The summed E-state index contributed by atoms with van der Waals surface area (Å²) in [6.45, 7) is 1.98. The molecule has 0 heterocycles. The molecule has 2 aromatic rings. The molecule has 3 N–H and O–H groups in total. The lowest BCUT2D eigenvalue weighted by atomic mass is 10.2. The highest BCUT2D eigenvalue weighted by atomic mass is 35.5. The number of hydrogen-bond donors (Lipinski definition) is 3. The van der Waals surface area contributed by atoms with Crippen molar-refractivity contribution < 1.29 is 19.4 Å². The van der Waals surface area contributed by atoms with E-state index in [1.165, 1.54) is 18.3 Å². The van der Waals surface area contributed by atoms with E-state index in [4.69, 9.17) is 16.3 Å². The highest BCUT2D eigenvalue weighted by Gasteiger charge is 2.08. The molecule has 2 rings (SSSR count). The normalized spacial score (nSPS) is 10.5. The van der Waals surface area contributed by atoms with Crippen molar-refractivity contribution in [2.45, 2.75) is 6.92 Å². The Balaban J connectivity index is 1.84. The maximum Gasteiger partial charge on any atom is 0.259 e. The minimum absolute atomic E-state index is 0.0248. The molecule has 0 aliphatic carbocycles. The molecule has 0 atom stereocenters. The molecule has 0 radical (unpaired) electrons. The molecule has 0 aliphatic rings. The smallest absolute Gasteiger partial charge is 0.259 e. The van der Waals surface area contributed by atoms with E-state index in [2.05, 4.69) is 15.8 Å². The van der Waals surface area contributed by atoms with E-state index >= 15 is 0 Å². The molecule has 136 valence electrons. The van der Waals surface area contributed by atoms with Crippen molar-refractivity contribution in [3.63, 3.8) is 0 Å². The summed E-state index contributed by atoms with van der Waals surface area (Å²) in [6.07, 6.45) is 1.40. The van der Waals surface area contributed by atoms with Crippen molar-refractivity contribution in [2.75, 3.05) is 13.2 Å². The molecule has 2 amide bonds. The molecule has 0 aliphatic heterocycles. The number of hydrazone groups is 1. The Hall–Kier alpha value is -3.06. The first-order valence-corrected chi connectivity index (χ1v) is 8.19. The number of ether oxygens (including phenoxy) is 1. The Morgan fingerprint density at radius 1 is 1.27 bits per heavy atom. The number of amides is 2. The molecule has 7 nitrogen and oxygen atoms in total. The van der Waals surface area contributed by atoms with Gasteiger partial charge in [0.15, 0.2) is 11.5 Å². The van der Waals surface area contributed by atoms with Crippen molar-refractivity contribution in [1.29, 1.82) is 0 Å². The van der Waals surface area contributed by atoms with Crippen LogP contribution >= 0.6 is 11.6 Å². The second-order valence-corrected chi connectivity index (χ2v) is 5.58. The summed E-state index contributed by atoms with van der Waals surface area (Å²) in [4.78, 5) is 23.6. The molecule has 0 unspecified atom stereocenters. The molecular formula is C18H18ClN3O4. The fourth-order valence-corrected chi connectivity index (χ4v) is 2.18. The van der Waals surface area contributed by atoms with Crippen LogP contribution < -0.4 is 15.5 Å². The zero-order valence-electron chi connectivity index (χ0n) is 14.0. The highest BCUT2D eigenvalue weighted by Crippen LogP contribution is 2.26. The van der Waals surface area contributed by atoms with Crippen LogP contribution in [-0.2, 0) is 4.79 Å². The first-order chi connectivity index (χ1) is 12.5. The Labute approximate surface area is 155 Å². The number of carbonyl (C=O) groups excluding carboxylic acids is 2. The lowest BCUT2D eigenvalue weighted by molar-refractivity contribution is -0.120. The predicted octanol–water partition coefficient (Wildman–Crippen LogP) is 2.32. The van der Waals surface area contributed by atoms with Gasteiger partial charge in [-0.25, -0.2) is 5.43 Å². The van der Waals surface area contributed by atoms with Crippen LogP contribution in [0.5, 0.6) is 11.5 Å². The number of aromatic hydroxyl groups is 1. The average molecular weight is 376 g/mol. The number of phenols is 1. The standard InChI is InChI=1S/C18H18ClN3O4/c1-2-26-16-8-12(6-7-15(16)23)10-21-22-17(24)11-20-18(25)13-4-3-5-14(19)9-13/h3-10,23H,2,11H2,1H3,(H,20,25)(H,22,24)/b21-10-. The lowest BCUT2D eigenvalue weighted by Crippen LogP contribution is -2.34. The second kappa shape index (κ2) is 9.43. The minimum atomic E-state index is -0.486. The van der Waals surface area contributed by atoms with E-state index in [9.17, 15) is 14.7 Å². The maximum absolute atomic E-state index is 11.9. The summed E-state index contributed by atoms with van der Waals surface area (Å²) in [5, 5.41) is 16.3. The fraction of sp³-hybridized carbons (Fsp3) is 0.167. The van der Waals surface area contributed by atoms with Crippen LogP contribution in [0.15, 0.2) is 47.6 Å². The van der Waals surface area contributed by atoms with Crippen LogP contribution in [0.25, 0.3) is 0 Å². The van der Waals surface area contributed by atoms with E-state index in [1.807, 2.05) is 0 Å². The SMILES string of the molecule is CCOc1cc(/C=N\NC(=O)CNC(=O)c2cccc(Cl)c2)ccc1O. The van der Waals surface area contributed by atoms with Gasteiger partial charge in [0.2, 0.25) is 0 Å². The van der Waals surface area contributed by atoms with Gasteiger partial charge in [0.1, 0.15) is 0 Å². The van der Waals surface area contributed by atoms with E-state index in [0.29, 0.717) is 28.5 Å². The number of nitrogens with zero attached hydrogens (tertiary/aromatic N) is 1. The number of rotatable bonds is 7. The Bertz CT molecular complexity index is 824. The summed E-state index contributed by atoms with van der Waals surface area (Å²) in [7, 11) is 0. The van der Waals surface area contributed by atoms with Crippen molar-refractivity contribution in [3.8, 4) is 11.5 Å². The first-order valence-electron chi connectivity index (χ1n) is 7.81. The van der Waals surface area contributed by atoms with Gasteiger partial charge in [0, 0.05) is 10.6 Å². The number of nitrogens with one attached hydrogen (secondary N) is 2. The number of benzene rings is 2. The summed E-state index contributed by atoms with van der Waals surface area (Å²) in [5.74, 6) is -0.541. The van der Waals surface area contributed by atoms with Gasteiger partial charge in [-0.1, -0.05) is 17.7 Å². The number of halogens is 1. The van der Waals surface area contributed by atoms with Crippen LogP contribution in [0.3, 0.4) is 0 Å². The van der Waals surface area contributed by atoms with Gasteiger partial charge < -0.3 is 15.2 Å². The third-order valence-electron chi connectivity index (χ3n) is 3.18. The summed E-state index contributed by atoms with van der Waals surface area (Å²) in [6, 6.07) is 11.1. The predicted molar refractivity (Wildman–Crippen MR) is 98.8 cm³/mol. The molecular weight excluding hydrogens is 358 g/mol. The van der Waals surface area contributed by atoms with Gasteiger partial charge in [-0.15, -0.1) is 0 Å². The molecule has 2 aromatic carbocycles. The Kier molecular flexibility index (Phi) is 6.99. The zero-order chi connectivity index (χ0) is 18.9. The number of carbonyl (C=O) groups is 2. The van der Waals surface area contributed by atoms with E-state index in [0.717, 1.165) is 0 Å². The van der Waals surface area contributed by atoms with Gasteiger partial charge in [-0.3, -0.25) is 9.59 Å². The summed E-state index contributed by atoms with van der Waals surface area (Å²) in [5.41, 5.74) is 3.30. The first kappa shape index (κ1) is 19.3. The van der Waals surface area contributed by atoms with E-state index in [-0.39, 0.29) is 12.3 Å². The Morgan fingerprint density at radius 2 is 2.08 bits per heavy atom. The van der Waals surface area contributed by atoms with Crippen LogP contribution in [0.4, 0.5) is 0 Å². The second-order valence-electron chi connectivity index (χ2n) is 5.15. The third kappa shape index (κ3) is 5.78. The molecule has 8 heteroatoms. The number of phenolic OH excluding ortho intramolecular Hbond substituents is 1. The Morgan fingerprint density at radius 3 is 2.81 bits per heavy atom. The summed E-state index contributed by atoms with van der Waals surface area (Å²) < 4.78 is 5.26. The molecule has 26 heavy (non-hydrogen) atoms. The van der Waals surface area contributed by atoms with Crippen molar-refractivity contribution in [3.05, 3.63) is 58.6 Å². The van der Waals surface area contributed by atoms with E-state index in [1.54, 1.807) is 37.3 Å². The molecule has 0 saturated carbocycles. The summed E-state index contributed by atoms with van der Waals surface area (Å²) >= 11 is 5.82. The molecule has 0 spiro atoms. The van der Waals surface area contributed by atoms with Gasteiger partial charge in [-0.2, -0.15) is 5.10 Å². The van der Waals surface area contributed by atoms with Crippen molar-refractivity contribution in [1.82, 2.24) is 10.7 Å². The maximum atomic E-state index is 11.9. The topological polar surface area (TPSA) is 100 Å². The monoisotopic (exact) mass is 375 g/mol. The van der Waals surface area contributed by atoms with E-state index < -0.39 is 11.8 Å². The average Bonchev–Trinajstić information content (AvgIpc) is 2.62. The van der Waals surface area contributed by atoms with Crippen molar-refractivity contribution >= 4 is 29.6 Å². The van der Waals surface area contributed by atoms with Gasteiger partial charge in [0.25, 0.3) is 11.8 Å². The van der Waals surface area contributed by atoms with Crippen LogP contribution in [0.2, 0.25) is 5.02 Å². The third-order valence-corrected chi connectivity index (χ3v) is 3.42.